The van der Waals surface area contributed by atoms with E-state index in [1.807, 2.05) is 30.3 Å². The Morgan fingerprint density at radius 2 is 1.82 bits per heavy atom. The van der Waals surface area contributed by atoms with E-state index in [9.17, 15) is 13.6 Å². The second-order valence-corrected chi connectivity index (χ2v) is 5.68. The van der Waals surface area contributed by atoms with E-state index in [2.05, 4.69) is 19.9 Å². The molecule has 2 aromatic heterocycles. The van der Waals surface area contributed by atoms with Gasteiger partial charge in [0.1, 0.15) is 17.5 Å². The number of ether oxygens (including phenoxy) is 1. The molecule has 2 aromatic carbocycles. The molecule has 28 heavy (non-hydrogen) atoms. The van der Waals surface area contributed by atoms with Crippen molar-refractivity contribution in [2.75, 3.05) is 0 Å². The zero-order valence-corrected chi connectivity index (χ0v) is 14.3. The molecular formula is C19H13F2N5O2. The molecule has 0 saturated carbocycles. The molecule has 0 atom stereocenters. The first kappa shape index (κ1) is 17.5. The molecule has 4 rings (SSSR count). The lowest BCUT2D eigenvalue weighted by molar-refractivity contribution is -0.0499. The van der Waals surface area contributed by atoms with E-state index in [4.69, 9.17) is 0 Å². The van der Waals surface area contributed by atoms with Gasteiger partial charge in [0.15, 0.2) is 5.65 Å². The quantitative estimate of drug-likeness (QED) is 0.498. The Morgan fingerprint density at radius 1 is 1.07 bits per heavy atom. The van der Waals surface area contributed by atoms with Crippen molar-refractivity contribution in [1.29, 1.82) is 0 Å². The first-order chi connectivity index (χ1) is 13.6. The average Bonchev–Trinajstić information content (AvgIpc) is 3.14. The number of benzene rings is 2. The summed E-state index contributed by atoms with van der Waals surface area (Å²) in [4.78, 5) is 16.9. The normalized spacial score (nSPS) is 11.5. The van der Waals surface area contributed by atoms with E-state index in [1.165, 1.54) is 24.8 Å². The molecule has 0 bridgehead atoms. The van der Waals surface area contributed by atoms with Crippen LogP contribution in [0.4, 0.5) is 8.78 Å². The summed E-state index contributed by atoms with van der Waals surface area (Å²) in [6.07, 6.45) is 3.92. The molecule has 0 unspecified atom stereocenters. The van der Waals surface area contributed by atoms with Gasteiger partial charge >= 0.3 is 6.61 Å². The zero-order valence-electron chi connectivity index (χ0n) is 14.3. The van der Waals surface area contributed by atoms with Crippen molar-refractivity contribution in [1.82, 2.24) is 19.4 Å². The summed E-state index contributed by atoms with van der Waals surface area (Å²) in [5.74, 6) is -0.0415. The van der Waals surface area contributed by atoms with E-state index in [0.29, 0.717) is 11.2 Å². The van der Waals surface area contributed by atoms with Crippen LogP contribution in [-0.2, 0) is 0 Å². The van der Waals surface area contributed by atoms with Crippen LogP contribution in [0.25, 0.3) is 16.7 Å². The predicted octanol–water partition coefficient (Wildman–Crippen LogP) is 3.07. The van der Waals surface area contributed by atoms with Crippen LogP contribution in [0.5, 0.6) is 5.75 Å². The van der Waals surface area contributed by atoms with Crippen molar-refractivity contribution >= 4 is 17.2 Å². The minimum Gasteiger partial charge on any atom is -0.434 e. The van der Waals surface area contributed by atoms with E-state index in [1.54, 1.807) is 22.9 Å². The second-order valence-electron chi connectivity index (χ2n) is 5.68. The Bertz CT molecular complexity index is 1200. The molecular weight excluding hydrogens is 368 g/mol. The smallest absolute Gasteiger partial charge is 0.387 e. The third-order valence-electron chi connectivity index (χ3n) is 3.93. The minimum absolute atomic E-state index is 0.0415. The number of aromatic nitrogens is 4. The van der Waals surface area contributed by atoms with Crippen molar-refractivity contribution in [3.8, 4) is 11.4 Å². The predicted molar refractivity (Wildman–Crippen MR) is 99.2 cm³/mol. The van der Waals surface area contributed by atoms with E-state index >= 15 is 0 Å². The SMILES string of the molecule is O=c1c2cnn(-c3ccccc3)c2ncn1/N=C\c1ccccc1OC(F)F. The fourth-order valence-corrected chi connectivity index (χ4v) is 2.66. The lowest BCUT2D eigenvalue weighted by atomic mass is 10.2. The average molecular weight is 381 g/mol. The maximum absolute atomic E-state index is 12.7. The molecule has 140 valence electrons. The van der Waals surface area contributed by atoms with Gasteiger partial charge in [-0.05, 0) is 24.3 Å². The van der Waals surface area contributed by atoms with E-state index in [-0.39, 0.29) is 11.1 Å². The van der Waals surface area contributed by atoms with Crippen molar-refractivity contribution in [2.45, 2.75) is 6.61 Å². The number of para-hydroxylation sites is 2. The lowest BCUT2D eigenvalue weighted by Crippen LogP contribution is -2.17. The molecule has 0 aliphatic carbocycles. The van der Waals surface area contributed by atoms with Crippen LogP contribution in [0, 0.1) is 0 Å². The first-order valence-electron chi connectivity index (χ1n) is 8.22. The van der Waals surface area contributed by atoms with Gasteiger partial charge in [-0.15, -0.1) is 0 Å². The number of hydrogen-bond donors (Lipinski definition) is 0. The number of nitrogens with zero attached hydrogens (tertiary/aromatic N) is 5. The molecule has 4 aromatic rings. The van der Waals surface area contributed by atoms with Crippen molar-refractivity contribution < 1.29 is 13.5 Å². The number of hydrogen-bond acceptors (Lipinski definition) is 5. The summed E-state index contributed by atoms with van der Waals surface area (Å²) in [5.41, 5.74) is 1.03. The van der Waals surface area contributed by atoms with E-state index in [0.717, 1.165) is 10.4 Å². The van der Waals surface area contributed by atoms with Crippen molar-refractivity contribution in [2.24, 2.45) is 5.10 Å². The molecule has 0 N–H and O–H groups in total. The Hall–Kier alpha value is -3.88. The highest BCUT2D eigenvalue weighted by molar-refractivity contribution is 5.83. The Balaban J connectivity index is 1.71. The standard InChI is InChI=1S/C19H13F2N5O2/c20-19(21)28-16-9-5-4-6-13(16)10-23-25-12-22-17-15(18(25)27)11-24-26(17)14-7-2-1-3-8-14/h1-12,19H/b23-10-. The van der Waals surface area contributed by atoms with Gasteiger partial charge in [0.25, 0.3) is 5.56 Å². The molecule has 0 fully saturated rings. The molecule has 0 aliphatic heterocycles. The highest BCUT2D eigenvalue weighted by Crippen LogP contribution is 2.18. The van der Waals surface area contributed by atoms with Gasteiger partial charge in [-0.2, -0.15) is 23.7 Å². The first-order valence-corrected chi connectivity index (χ1v) is 8.22. The molecule has 7 nitrogen and oxygen atoms in total. The largest absolute Gasteiger partial charge is 0.434 e. The summed E-state index contributed by atoms with van der Waals surface area (Å²) in [7, 11) is 0. The molecule has 0 amide bonds. The van der Waals surface area contributed by atoms with Gasteiger partial charge in [0, 0.05) is 5.56 Å². The third-order valence-corrected chi connectivity index (χ3v) is 3.93. The molecule has 0 aliphatic rings. The highest BCUT2D eigenvalue weighted by Gasteiger charge is 2.11. The number of alkyl halides is 2. The summed E-state index contributed by atoms with van der Waals surface area (Å²) in [6, 6.07) is 15.4. The Labute approximate surface area is 157 Å². The maximum atomic E-state index is 12.7. The molecule has 0 radical (unpaired) electrons. The molecule has 0 saturated heterocycles. The lowest BCUT2D eigenvalue weighted by Gasteiger charge is -2.07. The topological polar surface area (TPSA) is 74.3 Å². The number of halogens is 2. The monoisotopic (exact) mass is 381 g/mol. The van der Waals surface area contributed by atoms with Crippen molar-refractivity contribution in [3.63, 3.8) is 0 Å². The second kappa shape index (κ2) is 7.39. The van der Waals surface area contributed by atoms with Gasteiger partial charge in [-0.25, -0.2) is 9.67 Å². The summed E-state index contributed by atoms with van der Waals surface area (Å²) in [5, 5.41) is 8.53. The Morgan fingerprint density at radius 3 is 2.61 bits per heavy atom. The van der Waals surface area contributed by atoms with Gasteiger partial charge in [-0.3, -0.25) is 4.79 Å². The number of fused-ring (bicyclic) bond motifs is 1. The summed E-state index contributed by atoms with van der Waals surface area (Å²) >= 11 is 0. The van der Waals surface area contributed by atoms with Crippen LogP contribution in [0.15, 0.2) is 77.0 Å². The van der Waals surface area contributed by atoms with Gasteiger partial charge in [0.05, 0.1) is 18.1 Å². The third kappa shape index (κ3) is 3.37. The van der Waals surface area contributed by atoms with Gasteiger partial charge in [-0.1, -0.05) is 30.3 Å². The van der Waals surface area contributed by atoms with Crippen LogP contribution in [-0.4, -0.2) is 32.3 Å². The Kier molecular flexibility index (Phi) is 4.63. The summed E-state index contributed by atoms with van der Waals surface area (Å²) in [6.45, 7) is -2.96. The molecule has 2 heterocycles. The van der Waals surface area contributed by atoms with Gasteiger partial charge in [0.2, 0.25) is 0 Å². The number of rotatable bonds is 5. The van der Waals surface area contributed by atoms with Crippen LogP contribution >= 0.6 is 0 Å². The maximum Gasteiger partial charge on any atom is 0.387 e. The van der Waals surface area contributed by atoms with E-state index < -0.39 is 12.2 Å². The molecule has 0 spiro atoms. The van der Waals surface area contributed by atoms with Gasteiger partial charge < -0.3 is 4.74 Å². The van der Waals surface area contributed by atoms with Crippen LogP contribution in [0.2, 0.25) is 0 Å². The highest BCUT2D eigenvalue weighted by atomic mass is 19.3. The van der Waals surface area contributed by atoms with Crippen LogP contribution in [0.1, 0.15) is 5.56 Å². The summed E-state index contributed by atoms with van der Waals surface area (Å²) < 4.78 is 32.0. The van der Waals surface area contributed by atoms with Crippen LogP contribution < -0.4 is 10.3 Å². The fraction of sp³-hybridized carbons (Fsp3) is 0.0526. The van der Waals surface area contributed by atoms with Crippen molar-refractivity contribution in [3.05, 3.63) is 83.0 Å². The van der Waals surface area contributed by atoms with Crippen LogP contribution in [0.3, 0.4) is 0 Å². The zero-order chi connectivity index (χ0) is 19.5. The molecule has 9 heteroatoms. The minimum atomic E-state index is -2.96. The fourth-order valence-electron chi connectivity index (χ4n) is 2.66.